The Hall–Kier alpha value is -4.26. The van der Waals surface area contributed by atoms with Gasteiger partial charge in [0.15, 0.2) is 0 Å². The Morgan fingerprint density at radius 2 is 1.73 bits per heavy atom. The van der Waals surface area contributed by atoms with Crippen molar-refractivity contribution in [2.75, 3.05) is 4.90 Å². The molecule has 1 aliphatic heterocycles. The summed E-state index contributed by atoms with van der Waals surface area (Å²) in [5, 5.41) is 2.24. The second-order valence-electron chi connectivity index (χ2n) is 7.40. The van der Waals surface area contributed by atoms with Crippen molar-refractivity contribution < 1.29 is 23.5 Å². The van der Waals surface area contributed by atoms with Crippen LogP contribution < -0.4 is 15.0 Å². The lowest BCUT2D eigenvalue weighted by molar-refractivity contribution is -0.122. The van der Waals surface area contributed by atoms with Gasteiger partial charge in [-0.05, 0) is 47.9 Å². The van der Waals surface area contributed by atoms with Crippen LogP contribution in [-0.2, 0) is 22.6 Å². The molecular formula is C26H21FN2O4. The van der Waals surface area contributed by atoms with E-state index in [4.69, 9.17) is 4.74 Å². The lowest BCUT2D eigenvalue weighted by Gasteiger charge is -2.28. The number of carbonyl (C=O) groups is 3. The molecule has 0 unspecified atom stereocenters. The third-order valence-electron chi connectivity index (χ3n) is 5.22. The second-order valence-corrected chi connectivity index (χ2v) is 7.40. The van der Waals surface area contributed by atoms with Crippen LogP contribution in [0.3, 0.4) is 0 Å². The first-order valence-corrected chi connectivity index (χ1v) is 10.4. The zero-order valence-corrected chi connectivity index (χ0v) is 17.9. The number of nitrogens with zero attached hydrogens (tertiary/aromatic N) is 1. The monoisotopic (exact) mass is 444 g/mol. The van der Waals surface area contributed by atoms with Gasteiger partial charge in [0.05, 0.1) is 5.69 Å². The Kier molecular flexibility index (Phi) is 6.31. The number of anilines is 1. The molecule has 1 heterocycles. The fraction of sp³-hybridized carbons (Fsp3) is 0.115. The predicted octanol–water partition coefficient (Wildman–Crippen LogP) is 4.63. The number of rotatable bonds is 6. The Morgan fingerprint density at radius 3 is 2.52 bits per heavy atom. The SMILES string of the molecule is CCc1ccccc1N1C(=O)NC(=O)/C(=C/c2ccccc2OCc2cccc(F)c2)C1=O. The molecule has 4 amide bonds. The van der Waals surface area contributed by atoms with Gasteiger partial charge >= 0.3 is 6.03 Å². The summed E-state index contributed by atoms with van der Waals surface area (Å²) in [6, 6.07) is 19.1. The molecule has 0 aromatic heterocycles. The van der Waals surface area contributed by atoms with Crippen LogP contribution >= 0.6 is 0 Å². The third kappa shape index (κ3) is 4.67. The number of carbonyl (C=O) groups excluding carboxylic acids is 3. The molecule has 0 bridgehead atoms. The summed E-state index contributed by atoms with van der Waals surface area (Å²) in [6.07, 6.45) is 2.00. The molecule has 0 atom stereocenters. The minimum absolute atomic E-state index is 0.104. The number of para-hydroxylation sites is 2. The standard InChI is InChI=1S/C26H21FN2O4/c1-2-18-9-3-5-12-22(18)29-25(31)21(24(30)28-26(29)32)15-19-10-4-6-13-23(19)33-16-17-8-7-11-20(27)14-17/h3-15H,2,16H2,1H3,(H,28,30,32)/b21-15-. The van der Waals surface area contributed by atoms with Crippen LogP contribution in [0.1, 0.15) is 23.6 Å². The number of barbiturate groups is 1. The molecule has 0 aliphatic carbocycles. The summed E-state index contributed by atoms with van der Waals surface area (Å²) in [7, 11) is 0. The van der Waals surface area contributed by atoms with Gasteiger partial charge in [0.1, 0.15) is 23.7 Å². The molecule has 0 saturated carbocycles. The summed E-state index contributed by atoms with van der Waals surface area (Å²) in [5.41, 5.74) is 2.15. The van der Waals surface area contributed by atoms with Crippen molar-refractivity contribution in [1.29, 1.82) is 0 Å². The molecule has 166 valence electrons. The quantitative estimate of drug-likeness (QED) is 0.444. The summed E-state index contributed by atoms with van der Waals surface area (Å²) < 4.78 is 19.3. The van der Waals surface area contributed by atoms with Crippen LogP contribution in [0.4, 0.5) is 14.9 Å². The van der Waals surface area contributed by atoms with Crippen LogP contribution in [0.5, 0.6) is 5.75 Å². The van der Waals surface area contributed by atoms with Crippen LogP contribution in [0, 0.1) is 5.82 Å². The summed E-state index contributed by atoms with van der Waals surface area (Å²) >= 11 is 0. The molecule has 1 saturated heterocycles. The van der Waals surface area contributed by atoms with E-state index in [1.807, 2.05) is 19.1 Å². The molecular weight excluding hydrogens is 423 g/mol. The van der Waals surface area contributed by atoms with E-state index in [1.165, 1.54) is 18.2 Å². The van der Waals surface area contributed by atoms with Gasteiger partial charge in [-0.15, -0.1) is 0 Å². The Labute approximate surface area is 190 Å². The Morgan fingerprint density at radius 1 is 0.970 bits per heavy atom. The van der Waals surface area contributed by atoms with Crippen molar-refractivity contribution in [3.05, 3.63) is 101 Å². The molecule has 3 aromatic rings. The lowest BCUT2D eigenvalue weighted by Crippen LogP contribution is -2.54. The van der Waals surface area contributed by atoms with Crippen LogP contribution in [0.25, 0.3) is 6.08 Å². The number of nitrogens with one attached hydrogen (secondary N) is 1. The first-order chi connectivity index (χ1) is 16.0. The molecule has 4 rings (SSSR count). The number of ether oxygens (including phenoxy) is 1. The molecule has 6 nitrogen and oxygen atoms in total. The highest BCUT2D eigenvalue weighted by Crippen LogP contribution is 2.28. The van der Waals surface area contributed by atoms with Crippen molar-refractivity contribution in [1.82, 2.24) is 5.32 Å². The highest BCUT2D eigenvalue weighted by atomic mass is 19.1. The molecule has 1 aliphatic rings. The van der Waals surface area contributed by atoms with Gasteiger partial charge in [0, 0.05) is 5.56 Å². The largest absolute Gasteiger partial charge is 0.488 e. The first kappa shape index (κ1) is 22.0. The summed E-state index contributed by atoms with van der Waals surface area (Å²) in [5.74, 6) is -1.46. The van der Waals surface area contributed by atoms with Crippen LogP contribution in [0.2, 0.25) is 0 Å². The van der Waals surface area contributed by atoms with Gasteiger partial charge in [0.25, 0.3) is 11.8 Å². The number of hydrogen-bond donors (Lipinski definition) is 1. The number of amides is 4. The van der Waals surface area contributed by atoms with Gasteiger partial charge < -0.3 is 4.74 Å². The van der Waals surface area contributed by atoms with E-state index >= 15 is 0 Å². The van der Waals surface area contributed by atoms with Crippen molar-refractivity contribution in [2.45, 2.75) is 20.0 Å². The average Bonchev–Trinajstić information content (AvgIpc) is 2.81. The summed E-state index contributed by atoms with van der Waals surface area (Å²) in [6.45, 7) is 2.02. The fourth-order valence-corrected chi connectivity index (χ4v) is 3.58. The minimum atomic E-state index is -0.793. The molecule has 1 N–H and O–H groups in total. The predicted molar refractivity (Wildman–Crippen MR) is 122 cm³/mol. The fourth-order valence-electron chi connectivity index (χ4n) is 3.58. The number of hydrogen-bond acceptors (Lipinski definition) is 4. The maximum atomic E-state index is 13.5. The summed E-state index contributed by atoms with van der Waals surface area (Å²) in [4.78, 5) is 39.3. The smallest absolute Gasteiger partial charge is 0.335 e. The van der Waals surface area contributed by atoms with Crippen molar-refractivity contribution in [2.24, 2.45) is 0 Å². The van der Waals surface area contributed by atoms with E-state index in [9.17, 15) is 18.8 Å². The molecule has 0 radical (unpaired) electrons. The number of benzene rings is 3. The zero-order chi connectivity index (χ0) is 23.4. The lowest BCUT2D eigenvalue weighted by atomic mass is 10.0. The van der Waals surface area contributed by atoms with E-state index in [0.717, 1.165) is 10.5 Å². The number of halogens is 1. The normalized spacial score (nSPS) is 15.0. The van der Waals surface area contributed by atoms with E-state index in [1.54, 1.807) is 48.5 Å². The van der Waals surface area contributed by atoms with Crippen LogP contribution in [0.15, 0.2) is 78.4 Å². The average molecular weight is 444 g/mol. The van der Waals surface area contributed by atoms with Gasteiger partial charge in [-0.25, -0.2) is 14.1 Å². The highest BCUT2D eigenvalue weighted by molar-refractivity contribution is 6.39. The topological polar surface area (TPSA) is 75.7 Å². The maximum absolute atomic E-state index is 13.5. The Bertz CT molecular complexity index is 1270. The Balaban J connectivity index is 1.66. The molecule has 1 fully saturated rings. The van der Waals surface area contributed by atoms with Gasteiger partial charge in [-0.2, -0.15) is 0 Å². The second kappa shape index (κ2) is 9.48. The number of imide groups is 2. The molecule has 7 heteroatoms. The van der Waals surface area contributed by atoms with Crippen molar-refractivity contribution in [3.63, 3.8) is 0 Å². The van der Waals surface area contributed by atoms with Crippen LogP contribution in [-0.4, -0.2) is 17.8 Å². The highest BCUT2D eigenvalue weighted by Gasteiger charge is 2.37. The number of aryl methyl sites for hydroxylation is 1. The first-order valence-electron chi connectivity index (χ1n) is 10.4. The number of urea groups is 1. The van der Waals surface area contributed by atoms with E-state index in [0.29, 0.717) is 29.0 Å². The molecule has 33 heavy (non-hydrogen) atoms. The van der Waals surface area contributed by atoms with Crippen molar-refractivity contribution >= 4 is 29.6 Å². The zero-order valence-electron chi connectivity index (χ0n) is 17.9. The van der Waals surface area contributed by atoms with Crippen molar-refractivity contribution in [3.8, 4) is 5.75 Å². The molecule has 3 aromatic carbocycles. The van der Waals surface area contributed by atoms with E-state index in [2.05, 4.69) is 5.32 Å². The third-order valence-corrected chi connectivity index (χ3v) is 5.22. The minimum Gasteiger partial charge on any atom is -0.488 e. The van der Waals surface area contributed by atoms with Gasteiger partial charge in [0.2, 0.25) is 0 Å². The van der Waals surface area contributed by atoms with Gasteiger partial charge in [-0.1, -0.05) is 55.5 Å². The maximum Gasteiger partial charge on any atom is 0.335 e. The van der Waals surface area contributed by atoms with E-state index in [-0.39, 0.29) is 18.0 Å². The van der Waals surface area contributed by atoms with Gasteiger partial charge in [-0.3, -0.25) is 14.9 Å². The van der Waals surface area contributed by atoms with E-state index < -0.39 is 17.8 Å². The molecule has 0 spiro atoms.